The van der Waals surface area contributed by atoms with E-state index in [-0.39, 0.29) is 5.96 Å². The fraction of sp³-hybridized carbons (Fsp3) is 0.0714. The summed E-state index contributed by atoms with van der Waals surface area (Å²) in [5, 5.41) is 14.7. The van der Waals surface area contributed by atoms with Crippen LogP contribution in [0.2, 0.25) is 0 Å². The van der Waals surface area contributed by atoms with Crippen LogP contribution in [0.3, 0.4) is 0 Å². The second-order valence-electron chi connectivity index (χ2n) is 3.19. The predicted octanol–water partition coefficient (Wildman–Crippen LogP) is 3.90. The zero-order chi connectivity index (χ0) is 16.5. The van der Waals surface area contributed by atoms with E-state index in [1.807, 2.05) is 42.5 Å². The van der Waals surface area contributed by atoms with Gasteiger partial charge < -0.3 is 16.6 Å². The van der Waals surface area contributed by atoms with Crippen molar-refractivity contribution in [3.63, 3.8) is 0 Å². The van der Waals surface area contributed by atoms with Gasteiger partial charge in [0.2, 0.25) is 0 Å². The van der Waals surface area contributed by atoms with Crippen molar-refractivity contribution < 1.29 is 5.11 Å². The number of guanidine groups is 1. The first-order valence-electron chi connectivity index (χ1n) is 5.62. The van der Waals surface area contributed by atoms with Gasteiger partial charge in [-0.05, 0) is 12.1 Å². The molecule has 6 N–H and O–H groups in total. The Hall–Kier alpha value is -1.62. The molecule has 0 saturated carbocycles. The highest BCUT2D eigenvalue weighted by atomic mass is 35.6. The van der Waals surface area contributed by atoms with Crippen LogP contribution in [-0.4, -0.2) is 15.4 Å². The first-order valence-corrected chi connectivity index (χ1v) is 6.93. The lowest BCUT2D eigenvalue weighted by atomic mass is 10.3. The Morgan fingerprint density at radius 1 is 0.810 bits per heavy atom. The number of hydrogen-bond donors (Lipinski definition) is 4. The number of aromatic hydroxyl groups is 1. The summed E-state index contributed by atoms with van der Waals surface area (Å²) in [5.74, 6) is -0.0116. The molecule has 0 heterocycles. The molecule has 7 heteroatoms. The van der Waals surface area contributed by atoms with E-state index >= 15 is 0 Å². The molecule has 116 valence electrons. The number of phenols is 1. The van der Waals surface area contributed by atoms with E-state index in [4.69, 9.17) is 45.3 Å². The highest BCUT2D eigenvalue weighted by Crippen LogP contribution is 2.03. The average Bonchev–Trinajstić information content (AvgIpc) is 2.41. The van der Waals surface area contributed by atoms with E-state index in [2.05, 4.69) is 11.5 Å². The summed E-state index contributed by atoms with van der Waals surface area (Å²) in [6.07, 6.45) is 0. The van der Waals surface area contributed by atoms with Crippen LogP contribution < -0.4 is 11.5 Å². The van der Waals surface area contributed by atoms with E-state index in [0.29, 0.717) is 5.75 Å². The van der Waals surface area contributed by atoms with Gasteiger partial charge in [0, 0.05) is 0 Å². The largest absolute Gasteiger partial charge is 0.508 e. The molecule has 0 fully saturated rings. The Labute approximate surface area is 139 Å². The molecule has 0 aliphatic heterocycles. The lowest BCUT2D eigenvalue weighted by Gasteiger charge is -1.82. The summed E-state index contributed by atoms with van der Waals surface area (Å²) in [5.41, 5.74) is 8.94. The van der Waals surface area contributed by atoms with Gasteiger partial charge in [0.1, 0.15) is 5.75 Å². The molecule has 0 atom stereocenters. The van der Waals surface area contributed by atoms with Gasteiger partial charge in [-0.15, -0.1) is 0 Å². The molecule has 0 spiro atoms. The van der Waals surface area contributed by atoms with Crippen LogP contribution >= 0.6 is 34.8 Å². The van der Waals surface area contributed by atoms with Crippen LogP contribution in [0.1, 0.15) is 0 Å². The molecule has 0 amide bonds. The van der Waals surface area contributed by atoms with Gasteiger partial charge in [-0.2, -0.15) is 0 Å². The number of phenolic OH excluding ortho intramolecular Hbond substituents is 1. The van der Waals surface area contributed by atoms with Crippen molar-refractivity contribution in [1.29, 1.82) is 5.41 Å². The smallest absolute Gasteiger partial charge is 0.183 e. The lowest BCUT2D eigenvalue weighted by molar-refractivity contribution is 0.475. The number of halogens is 3. The summed E-state index contributed by atoms with van der Waals surface area (Å²) in [6.45, 7) is 0. The first-order chi connectivity index (χ1) is 9.86. The van der Waals surface area contributed by atoms with Crippen molar-refractivity contribution in [3.8, 4) is 5.75 Å². The zero-order valence-corrected chi connectivity index (χ0v) is 13.4. The monoisotopic (exact) mass is 349 g/mol. The van der Waals surface area contributed by atoms with E-state index in [1.165, 1.54) is 0 Å². The normalized spacial score (nSPS) is 8.00. The maximum atomic E-state index is 8.63. The maximum absolute atomic E-state index is 8.63. The molecule has 0 aliphatic carbocycles. The van der Waals surface area contributed by atoms with E-state index in [9.17, 15) is 0 Å². The molecular formula is C14H18Cl3N3O. The Kier molecular flexibility index (Phi) is 17.0. The summed E-state index contributed by atoms with van der Waals surface area (Å²) >= 11 is 14.4. The zero-order valence-electron chi connectivity index (χ0n) is 11.2. The minimum absolute atomic E-state index is 0.322. The molecular weight excluding hydrogens is 333 g/mol. The topological polar surface area (TPSA) is 96.1 Å². The van der Waals surface area contributed by atoms with Gasteiger partial charge in [-0.3, -0.25) is 5.41 Å². The summed E-state index contributed by atoms with van der Waals surface area (Å²) < 4.78 is -0.750. The molecule has 4 nitrogen and oxygen atoms in total. The molecule has 0 aliphatic rings. The molecule has 21 heavy (non-hydrogen) atoms. The lowest BCUT2D eigenvalue weighted by Crippen LogP contribution is -2.20. The van der Waals surface area contributed by atoms with Crippen molar-refractivity contribution >= 4 is 40.8 Å². The van der Waals surface area contributed by atoms with Crippen LogP contribution in [0.15, 0.2) is 66.7 Å². The SMILES string of the molecule is ClC(Cl)Cl.N=C(N)N.Oc1ccccc1.c1ccccc1. The Bertz CT molecular complexity index is 408. The fourth-order valence-corrected chi connectivity index (χ4v) is 0.813. The molecule has 0 radical (unpaired) electrons. The standard InChI is InChI=1S/C6H6O.C6H6.CHCl3.CH5N3/c7-6-4-2-1-3-5-6;1-2-4-6-5-3-1;2*2-1(3)4/h1-5,7H;1-6H;1H;(H5,2,3,4). The van der Waals surface area contributed by atoms with Gasteiger partial charge in [-0.1, -0.05) is 89.4 Å². The number of hydrogen-bond acceptors (Lipinski definition) is 2. The summed E-state index contributed by atoms with van der Waals surface area (Å²) in [6, 6.07) is 20.7. The fourth-order valence-electron chi connectivity index (χ4n) is 0.813. The highest BCUT2D eigenvalue weighted by molar-refractivity contribution is 6.63. The van der Waals surface area contributed by atoms with Crippen molar-refractivity contribution in [3.05, 3.63) is 66.7 Å². The Morgan fingerprint density at radius 2 is 1.00 bits per heavy atom. The van der Waals surface area contributed by atoms with Crippen LogP contribution in [-0.2, 0) is 0 Å². The van der Waals surface area contributed by atoms with Crippen LogP contribution in [0.5, 0.6) is 5.75 Å². The first kappa shape index (κ1) is 21.7. The van der Waals surface area contributed by atoms with Crippen molar-refractivity contribution in [1.82, 2.24) is 0 Å². The molecule has 0 unspecified atom stereocenters. The van der Waals surface area contributed by atoms with Gasteiger partial charge in [-0.25, -0.2) is 0 Å². The number of nitrogens with two attached hydrogens (primary N) is 2. The van der Waals surface area contributed by atoms with Crippen molar-refractivity contribution in [2.45, 2.75) is 4.30 Å². The van der Waals surface area contributed by atoms with E-state index in [0.717, 1.165) is 0 Å². The molecule has 2 aromatic rings. The number of para-hydroxylation sites is 1. The third kappa shape index (κ3) is 32.2. The van der Waals surface area contributed by atoms with Crippen molar-refractivity contribution in [2.24, 2.45) is 11.5 Å². The Balaban J connectivity index is 0. The van der Waals surface area contributed by atoms with Crippen LogP contribution in [0, 0.1) is 5.41 Å². The molecule has 0 saturated heterocycles. The summed E-state index contributed by atoms with van der Waals surface area (Å²) in [4.78, 5) is 0. The number of rotatable bonds is 0. The average molecular weight is 351 g/mol. The van der Waals surface area contributed by atoms with E-state index < -0.39 is 4.30 Å². The molecule has 0 aromatic heterocycles. The van der Waals surface area contributed by atoms with Gasteiger partial charge in [0.05, 0.1) is 0 Å². The van der Waals surface area contributed by atoms with E-state index in [1.54, 1.807) is 24.3 Å². The molecule has 2 aromatic carbocycles. The van der Waals surface area contributed by atoms with Gasteiger partial charge in [0.15, 0.2) is 10.3 Å². The molecule has 2 rings (SSSR count). The predicted molar refractivity (Wildman–Crippen MR) is 92.0 cm³/mol. The maximum Gasteiger partial charge on any atom is 0.183 e. The quantitative estimate of drug-likeness (QED) is 0.329. The number of alkyl halides is 3. The van der Waals surface area contributed by atoms with Crippen molar-refractivity contribution in [2.75, 3.05) is 0 Å². The molecule has 0 bridgehead atoms. The van der Waals surface area contributed by atoms with Gasteiger partial charge in [0.25, 0.3) is 0 Å². The highest BCUT2D eigenvalue weighted by Gasteiger charge is 1.79. The second kappa shape index (κ2) is 16.4. The minimum atomic E-state index is -0.750. The third-order valence-electron chi connectivity index (χ3n) is 1.42. The van der Waals surface area contributed by atoms with Crippen LogP contribution in [0.4, 0.5) is 0 Å². The minimum Gasteiger partial charge on any atom is -0.508 e. The number of nitrogens with one attached hydrogen (secondary N) is 1. The van der Waals surface area contributed by atoms with Crippen LogP contribution in [0.25, 0.3) is 0 Å². The number of benzene rings is 2. The third-order valence-corrected chi connectivity index (χ3v) is 1.42. The Morgan fingerprint density at radius 3 is 1.14 bits per heavy atom. The van der Waals surface area contributed by atoms with Gasteiger partial charge >= 0.3 is 0 Å². The second-order valence-corrected chi connectivity index (χ2v) is 5.17. The summed E-state index contributed by atoms with van der Waals surface area (Å²) in [7, 11) is 0.